The molecule has 1 saturated carbocycles. The SMILES string of the molecule is CC1(C)CC[C@H](Sc2ccccc2)C2(C)CC(Sc3ccccc3)=CC12. The van der Waals surface area contributed by atoms with Crippen molar-refractivity contribution in [2.45, 2.75) is 55.1 Å². The van der Waals surface area contributed by atoms with Crippen molar-refractivity contribution in [1.82, 2.24) is 0 Å². The topological polar surface area (TPSA) is 0 Å². The molecule has 2 heteroatoms. The molecule has 4 rings (SSSR count). The van der Waals surface area contributed by atoms with E-state index in [0.717, 1.165) is 0 Å². The molecule has 0 aliphatic heterocycles. The molecular formula is C24H28S2. The smallest absolute Gasteiger partial charge is 0.0158 e. The van der Waals surface area contributed by atoms with Crippen LogP contribution in [0.5, 0.6) is 0 Å². The van der Waals surface area contributed by atoms with Gasteiger partial charge in [0.2, 0.25) is 0 Å². The van der Waals surface area contributed by atoms with Gasteiger partial charge in [0.15, 0.2) is 0 Å². The predicted octanol–water partition coefficient (Wildman–Crippen LogP) is 7.67. The van der Waals surface area contributed by atoms with Crippen LogP contribution in [0, 0.1) is 16.7 Å². The van der Waals surface area contributed by atoms with Gasteiger partial charge in [0, 0.05) is 15.0 Å². The van der Waals surface area contributed by atoms with Crippen LogP contribution in [-0.2, 0) is 0 Å². The summed E-state index contributed by atoms with van der Waals surface area (Å²) in [5.74, 6) is 0.663. The number of rotatable bonds is 4. The van der Waals surface area contributed by atoms with Crippen molar-refractivity contribution in [3.05, 3.63) is 71.6 Å². The lowest BCUT2D eigenvalue weighted by Crippen LogP contribution is -2.46. The van der Waals surface area contributed by atoms with Gasteiger partial charge in [-0.05, 0) is 65.2 Å². The Kier molecular flexibility index (Phi) is 5.00. The molecule has 0 N–H and O–H groups in total. The molecule has 0 bridgehead atoms. The van der Waals surface area contributed by atoms with Crippen molar-refractivity contribution < 1.29 is 0 Å². The van der Waals surface area contributed by atoms with Crippen LogP contribution in [0.15, 0.2) is 81.4 Å². The van der Waals surface area contributed by atoms with E-state index in [-0.39, 0.29) is 0 Å². The molecule has 3 atom stereocenters. The van der Waals surface area contributed by atoms with E-state index >= 15 is 0 Å². The van der Waals surface area contributed by atoms with Crippen LogP contribution in [0.3, 0.4) is 0 Å². The lowest BCUT2D eigenvalue weighted by Gasteiger charge is -2.51. The van der Waals surface area contributed by atoms with E-state index in [9.17, 15) is 0 Å². The Labute approximate surface area is 166 Å². The predicted molar refractivity (Wildman–Crippen MR) is 116 cm³/mol. The first kappa shape index (κ1) is 18.3. The normalized spacial score (nSPS) is 29.9. The number of fused-ring (bicyclic) bond motifs is 1. The zero-order valence-electron chi connectivity index (χ0n) is 15.9. The summed E-state index contributed by atoms with van der Waals surface area (Å²) in [5.41, 5.74) is 0.737. The number of thioether (sulfide) groups is 2. The Morgan fingerprint density at radius 2 is 1.46 bits per heavy atom. The highest BCUT2D eigenvalue weighted by Crippen LogP contribution is 2.63. The fraction of sp³-hybridized carbons (Fsp3) is 0.417. The van der Waals surface area contributed by atoms with Gasteiger partial charge in [-0.25, -0.2) is 0 Å². The van der Waals surface area contributed by atoms with Crippen molar-refractivity contribution in [1.29, 1.82) is 0 Å². The van der Waals surface area contributed by atoms with Crippen molar-refractivity contribution in [3.63, 3.8) is 0 Å². The zero-order chi connectivity index (χ0) is 18.2. The molecule has 0 spiro atoms. The molecule has 136 valence electrons. The highest BCUT2D eigenvalue weighted by atomic mass is 32.2. The molecule has 0 amide bonds. The third kappa shape index (κ3) is 3.51. The van der Waals surface area contributed by atoms with E-state index in [1.54, 1.807) is 4.91 Å². The summed E-state index contributed by atoms with van der Waals surface area (Å²) >= 11 is 4.08. The summed E-state index contributed by atoms with van der Waals surface area (Å²) < 4.78 is 0. The molecule has 2 unspecified atom stereocenters. The molecule has 0 radical (unpaired) electrons. The number of hydrogen-bond acceptors (Lipinski definition) is 2. The minimum Gasteiger partial charge on any atom is -0.122 e. The Morgan fingerprint density at radius 3 is 2.12 bits per heavy atom. The summed E-state index contributed by atoms with van der Waals surface area (Å²) in [6, 6.07) is 21.8. The van der Waals surface area contributed by atoms with Crippen LogP contribution in [-0.4, -0.2) is 5.25 Å². The third-order valence-corrected chi connectivity index (χ3v) is 8.91. The molecule has 2 aromatic carbocycles. The standard InChI is InChI=1S/C24H28S2/c1-23(2)15-14-22(26-19-12-8-5-9-13-19)24(3)17-20(16-21(23)24)25-18-10-6-4-7-11-18/h4-13,16,21-22H,14-15,17H2,1-3H3/t21?,22-,24?/m0/s1. The van der Waals surface area contributed by atoms with Gasteiger partial charge >= 0.3 is 0 Å². The molecule has 26 heavy (non-hydrogen) atoms. The Balaban J connectivity index is 1.59. The van der Waals surface area contributed by atoms with Gasteiger partial charge in [-0.2, -0.15) is 0 Å². The largest absolute Gasteiger partial charge is 0.122 e. The second kappa shape index (κ2) is 7.13. The van der Waals surface area contributed by atoms with Crippen LogP contribution in [0.4, 0.5) is 0 Å². The molecule has 2 aliphatic carbocycles. The van der Waals surface area contributed by atoms with Crippen molar-refractivity contribution in [2.24, 2.45) is 16.7 Å². The van der Waals surface area contributed by atoms with Crippen molar-refractivity contribution >= 4 is 23.5 Å². The monoisotopic (exact) mass is 380 g/mol. The average molecular weight is 381 g/mol. The zero-order valence-corrected chi connectivity index (χ0v) is 17.6. The summed E-state index contributed by atoms with van der Waals surface area (Å²) in [7, 11) is 0. The van der Waals surface area contributed by atoms with Crippen LogP contribution in [0.2, 0.25) is 0 Å². The van der Waals surface area contributed by atoms with Crippen LogP contribution in [0.25, 0.3) is 0 Å². The maximum atomic E-state index is 2.62. The molecule has 0 saturated heterocycles. The quantitative estimate of drug-likeness (QED) is 0.533. The fourth-order valence-corrected chi connectivity index (χ4v) is 7.47. The summed E-state index contributed by atoms with van der Waals surface area (Å²) in [6.07, 6.45) is 6.47. The molecule has 0 aromatic heterocycles. The number of allylic oxidation sites excluding steroid dienone is 2. The Morgan fingerprint density at radius 1 is 0.846 bits per heavy atom. The summed E-state index contributed by atoms with van der Waals surface area (Å²) in [4.78, 5) is 4.35. The van der Waals surface area contributed by atoms with Gasteiger partial charge in [-0.3, -0.25) is 0 Å². The Bertz CT molecular complexity index is 778. The summed E-state index contributed by atoms with van der Waals surface area (Å²) in [6.45, 7) is 7.51. The minimum atomic E-state index is 0.347. The Hall–Kier alpha value is -1.12. The number of benzene rings is 2. The van der Waals surface area contributed by atoms with E-state index in [1.807, 2.05) is 11.8 Å². The average Bonchev–Trinajstić information content (AvgIpc) is 2.98. The van der Waals surface area contributed by atoms with E-state index in [0.29, 0.717) is 22.0 Å². The van der Waals surface area contributed by atoms with Gasteiger partial charge in [0.1, 0.15) is 0 Å². The first-order valence-electron chi connectivity index (χ1n) is 9.63. The van der Waals surface area contributed by atoms with Gasteiger partial charge < -0.3 is 0 Å². The molecule has 2 aromatic rings. The van der Waals surface area contributed by atoms with Gasteiger partial charge in [0.25, 0.3) is 0 Å². The molecule has 0 nitrogen and oxygen atoms in total. The van der Waals surface area contributed by atoms with Crippen LogP contribution >= 0.6 is 23.5 Å². The van der Waals surface area contributed by atoms with Crippen molar-refractivity contribution in [3.8, 4) is 0 Å². The summed E-state index contributed by atoms with van der Waals surface area (Å²) in [5, 5.41) is 0.688. The molecular weight excluding hydrogens is 352 g/mol. The van der Waals surface area contributed by atoms with E-state index in [4.69, 9.17) is 0 Å². The molecule has 0 heterocycles. The van der Waals surface area contributed by atoms with E-state index < -0.39 is 0 Å². The second-order valence-corrected chi connectivity index (χ2v) is 11.1. The van der Waals surface area contributed by atoms with Gasteiger partial charge in [0.05, 0.1) is 0 Å². The number of hydrogen-bond donors (Lipinski definition) is 0. The highest BCUT2D eigenvalue weighted by Gasteiger charge is 2.54. The highest BCUT2D eigenvalue weighted by molar-refractivity contribution is 8.03. The minimum absolute atomic E-state index is 0.347. The second-order valence-electron chi connectivity index (χ2n) is 8.66. The van der Waals surface area contributed by atoms with Crippen LogP contribution < -0.4 is 0 Å². The molecule has 1 fully saturated rings. The first-order valence-corrected chi connectivity index (χ1v) is 11.3. The maximum absolute atomic E-state index is 2.62. The third-order valence-electron chi connectivity index (χ3n) is 6.26. The lowest BCUT2D eigenvalue weighted by atomic mass is 9.57. The van der Waals surface area contributed by atoms with Crippen LogP contribution in [0.1, 0.15) is 40.0 Å². The first-order chi connectivity index (χ1) is 12.5. The van der Waals surface area contributed by atoms with E-state index in [2.05, 4.69) is 99.3 Å². The fourth-order valence-electron chi connectivity index (χ4n) is 4.91. The molecule has 2 aliphatic rings. The lowest BCUT2D eigenvalue weighted by molar-refractivity contribution is 0.0557. The van der Waals surface area contributed by atoms with E-state index in [1.165, 1.54) is 29.1 Å². The van der Waals surface area contributed by atoms with Gasteiger partial charge in [-0.15, -0.1) is 11.8 Å². The maximum Gasteiger partial charge on any atom is 0.0158 e. The van der Waals surface area contributed by atoms with Gasteiger partial charge in [-0.1, -0.05) is 75.0 Å². The van der Waals surface area contributed by atoms with Crippen molar-refractivity contribution in [2.75, 3.05) is 0 Å².